The Bertz CT molecular complexity index is 840. The molecule has 0 fully saturated rings. The number of halogens is 1. The quantitative estimate of drug-likeness (QED) is 0.655. The smallest absolute Gasteiger partial charge is 0.101 e. The molecule has 0 unspecified atom stereocenters. The molecule has 1 heterocycles. The summed E-state index contributed by atoms with van der Waals surface area (Å²) in [4.78, 5) is 0. The van der Waals surface area contributed by atoms with E-state index in [1.807, 2.05) is 59.3 Å². The summed E-state index contributed by atoms with van der Waals surface area (Å²) in [6, 6.07) is 19.9. The van der Waals surface area contributed by atoms with Crippen molar-refractivity contribution in [1.29, 1.82) is 5.26 Å². The Hall–Kier alpha value is -2.50. The Morgan fingerprint density at radius 1 is 1.05 bits per heavy atom. The largest absolute Gasteiger partial charge is 0.315 e. The number of aromatic nitrogens is 1. The van der Waals surface area contributed by atoms with Gasteiger partial charge in [0.05, 0.1) is 11.3 Å². The molecule has 2 aromatic carbocycles. The van der Waals surface area contributed by atoms with Crippen LogP contribution in [0.25, 0.3) is 16.9 Å². The highest BCUT2D eigenvalue weighted by Crippen LogP contribution is 2.28. The molecule has 0 atom stereocenters. The van der Waals surface area contributed by atoms with Crippen LogP contribution < -0.4 is 0 Å². The molecular formula is C18H13ClN2. The summed E-state index contributed by atoms with van der Waals surface area (Å²) in [5.74, 6) is 0. The van der Waals surface area contributed by atoms with Gasteiger partial charge in [0.1, 0.15) is 6.07 Å². The van der Waals surface area contributed by atoms with Gasteiger partial charge in [0.15, 0.2) is 0 Å². The molecule has 0 aliphatic rings. The van der Waals surface area contributed by atoms with Gasteiger partial charge in [-0.2, -0.15) is 5.26 Å². The summed E-state index contributed by atoms with van der Waals surface area (Å²) < 4.78 is 2.04. The summed E-state index contributed by atoms with van der Waals surface area (Å²) in [7, 11) is 0. The van der Waals surface area contributed by atoms with E-state index in [2.05, 4.69) is 19.1 Å². The minimum atomic E-state index is 0.633. The number of aryl methyl sites for hydroxylation is 1. The zero-order valence-corrected chi connectivity index (χ0v) is 12.3. The summed E-state index contributed by atoms with van der Waals surface area (Å²) in [6.07, 6.45) is 1.86. The van der Waals surface area contributed by atoms with Gasteiger partial charge in [-0.1, -0.05) is 41.9 Å². The minimum Gasteiger partial charge on any atom is -0.315 e. The first kappa shape index (κ1) is 13.5. The first-order valence-electron chi connectivity index (χ1n) is 6.63. The molecular weight excluding hydrogens is 280 g/mol. The van der Waals surface area contributed by atoms with Gasteiger partial charge in [-0.25, -0.2) is 0 Å². The van der Waals surface area contributed by atoms with Crippen molar-refractivity contribution in [2.75, 3.05) is 0 Å². The van der Waals surface area contributed by atoms with E-state index in [9.17, 15) is 5.26 Å². The maximum Gasteiger partial charge on any atom is 0.101 e. The van der Waals surface area contributed by atoms with Crippen molar-refractivity contribution in [3.8, 4) is 23.0 Å². The third-order valence-electron chi connectivity index (χ3n) is 3.44. The summed E-state index contributed by atoms with van der Waals surface area (Å²) in [5.41, 5.74) is 4.80. The van der Waals surface area contributed by atoms with Gasteiger partial charge in [-0.05, 0) is 36.8 Å². The van der Waals surface area contributed by atoms with E-state index in [-0.39, 0.29) is 0 Å². The summed E-state index contributed by atoms with van der Waals surface area (Å²) in [6.45, 7) is 2.06. The molecule has 0 N–H and O–H groups in total. The minimum absolute atomic E-state index is 0.633. The van der Waals surface area contributed by atoms with Crippen molar-refractivity contribution in [3.05, 3.63) is 76.9 Å². The second kappa shape index (κ2) is 5.47. The highest BCUT2D eigenvalue weighted by molar-refractivity contribution is 6.30. The molecule has 21 heavy (non-hydrogen) atoms. The van der Waals surface area contributed by atoms with E-state index in [0.717, 1.165) is 22.5 Å². The van der Waals surface area contributed by atoms with Gasteiger partial charge in [0.25, 0.3) is 0 Å². The average Bonchev–Trinajstić information content (AvgIpc) is 2.92. The van der Waals surface area contributed by atoms with Gasteiger partial charge in [-0.15, -0.1) is 0 Å². The van der Waals surface area contributed by atoms with Crippen molar-refractivity contribution in [1.82, 2.24) is 4.57 Å². The lowest BCUT2D eigenvalue weighted by Gasteiger charge is -2.12. The van der Waals surface area contributed by atoms with Crippen molar-refractivity contribution in [2.24, 2.45) is 0 Å². The Labute approximate surface area is 128 Å². The maximum absolute atomic E-state index is 9.20. The van der Waals surface area contributed by atoms with Gasteiger partial charge < -0.3 is 4.57 Å². The molecule has 0 saturated heterocycles. The van der Waals surface area contributed by atoms with Crippen LogP contribution in [-0.2, 0) is 0 Å². The van der Waals surface area contributed by atoms with Gasteiger partial charge in [0, 0.05) is 22.5 Å². The van der Waals surface area contributed by atoms with Gasteiger partial charge >= 0.3 is 0 Å². The number of nitriles is 1. The monoisotopic (exact) mass is 292 g/mol. The fourth-order valence-electron chi connectivity index (χ4n) is 2.43. The zero-order chi connectivity index (χ0) is 14.8. The number of para-hydroxylation sites is 1. The molecule has 0 amide bonds. The van der Waals surface area contributed by atoms with Crippen molar-refractivity contribution in [3.63, 3.8) is 0 Å². The van der Waals surface area contributed by atoms with Gasteiger partial charge in [0.2, 0.25) is 0 Å². The SMILES string of the molecule is Cc1ccccc1-n1cc(C#N)cc1-c1cccc(Cl)c1. The lowest BCUT2D eigenvalue weighted by Crippen LogP contribution is -1.97. The molecule has 0 aliphatic heterocycles. The molecule has 2 nitrogen and oxygen atoms in total. The first-order chi connectivity index (χ1) is 10.2. The van der Waals surface area contributed by atoms with Crippen LogP contribution in [-0.4, -0.2) is 4.57 Å². The van der Waals surface area contributed by atoms with Gasteiger partial charge in [-0.3, -0.25) is 0 Å². The molecule has 0 radical (unpaired) electrons. The second-order valence-electron chi connectivity index (χ2n) is 4.89. The normalized spacial score (nSPS) is 10.3. The topological polar surface area (TPSA) is 28.7 Å². The maximum atomic E-state index is 9.20. The Kier molecular flexibility index (Phi) is 3.51. The van der Waals surface area contributed by atoms with Crippen LogP contribution >= 0.6 is 11.6 Å². The average molecular weight is 293 g/mol. The molecule has 3 heteroatoms. The standard InChI is InChI=1S/C18H13ClN2/c1-13-5-2-3-8-17(13)21-12-14(11-20)9-18(21)15-6-4-7-16(19)10-15/h2-10,12H,1H3. The molecule has 0 aliphatic carbocycles. The van der Waals surface area contributed by atoms with Crippen LogP contribution in [0.1, 0.15) is 11.1 Å². The summed E-state index contributed by atoms with van der Waals surface area (Å²) in [5, 5.41) is 9.89. The number of rotatable bonds is 2. The van der Waals surface area contributed by atoms with Crippen molar-refractivity contribution >= 4 is 11.6 Å². The molecule has 1 aromatic heterocycles. The van der Waals surface area contributed by atoms with Crippen LogP contribution in [0.3, 0.4) is 0 Å². The highest BCUT2D eigenvalue weighted by Gasteiger charge is 2.11. The lowest BCUT2D eigenvalue weighted by atomic mass is 10.1. The third-order valence-corrected chi connectivity index (χ3v) is 3.68. The van der Waals surface area contributed by atoms with E-state index < -0.39 is 0 Å². The predicted octanol–water partition coefficient (Wildman–Crippen LogP) is 4.98. The molecule has 0 saturated carbocycles. The van der Waals surface area contributed by atoms with Crippen LogP contribution in [0.2, 0.25) is 5.02 Å². The fraction of sp³-hybridized carbons (Fsp3) is 0.0556. The van der Waals surface area contributed by atoms with Crippen LogP contribution in [0.5, 0.6) is 0 Å². The Balaban J connectivity index is 2.25. The molecule has 3 aromatic rings. The predicted molar refractivity (Wildman–Crippen MR) is 85.7 cm³/mol. The zero-order valence-electron chi connectivity index (χ0n) is 11.5. The van der Waals surface area contributed by atoms with Crippen molar-refractivity contribution < 1.29 is 0 Å². The third kappa shape index (κ3) is 2.56. The first-order valence-corrected chi connectivity index (χ1v) is 7.01. The van der Waals surface area contributed by atoms with Crippen LogP contribution in [0, 0.1) is 18.3 Å². The Morgan fingerprint density at radius 2 is 1.86 bits per heavy atom. The van der Waals surface area contributed by atoms with E-state index >= 15 is 0 Å². The highest BCUT2D eigenvalue weighted by atomic mass is 35.5. The number of benzene rings is 2. The fourth-order valence-corrected chi connectivity index (χ4v) is 2.62. The molecule has 102 valence electrons. The van der Waals surface area contributed by atoms with E-state index in [1.54, 1.807) is 0 Å². The van der Waals surface area contributed by atoms with Crippen LogP contribution in [0.4, 0.5) is 0 Å². The van der Waals surface area contributed by atoms with E-state index in [0.29, 0.717) is 10.6 Å². The van der Waals surface area contributed by atoms with E-state index in [4.69, 9.17) is 11.6 Å². The lowest BCUT2D eigenvalue weighted by molar-refractivity contribution is 1.07. The summed E-state index contributed by atoms with van der Waals surface area (Å²) >= 11 is 6.09. The van der Waals surface area contributed by atoms with Crippen molar-refractivity contribution in [2.45, 2.75) is 6.92 Å². The van der Waals surface area contributed by atoms with E-state index in [1.165, 1.54) is 0 Å². The van der Waals surface area contributed by atoms with Crippen LogP contribution in [0.15, 0.2) is 60.8 Å². The number of hydrogen-bond donors (Lipinski definition) is 0. The molecule has 0 spiro atoms. The Morgan fingerprint density at radius 3 is 2.57 bits per heavy atom. The molecule has 0 bridgehead atoms. The number of nitrogens with zero attached hydrogens (tertiary/aromatic N) is 2. The molecule has 3 rings (SSSR count). The second-order valence-corrected chi connectivity index (χ2v) is 5.33. The number of hydrogen-bond acceptors (Lipinski definition) is 1.